The summed E-state index contributed by atoms with van der Waals surface area (Å²) in [4.78, 5) is 13.8. The molecule has 126 valence electrons. The fraction of sp³-hybridized carbons (Fsp3) is 0.615. The predicted molar refractivity (Wildman–Crippen MR) is 89.7 cm³/mol. The zero-order valence-electron chi connectivity index (χ0n) is 12.4. The van der Waals surface area contributed by atoms with Gasteiger partial charge in [0.2, 0.25) is 15.9 Å². The summed E-state index contributed by atoms with van der Waals surface area (Å²) < 4.78 is 27.3. The zero-order chi connectivity index (χ0) is 15.5. The van der Waals surface area contributed by atoms with Crippen LogP contribution < -0.4 is 10.5 Å². The number of halogens is 1. The minimum Gasteiger partial charge on any atom is -0.342 e. The van der Waals surface area contributed by atoms with Crippen LogP contribution in [0.1, 0.15) is 19.8 Å². The van der Waals surface area contributed by atoms with E-state index >= 15 is 0 Å². The average molecular weight is 368 g/mol. The van der Waals surface area contributed by atoms with Gasteiger partial charge in [0, 0.05) is 31.6 Å². The van der Waals surface area contributed by atoms with Gasteiger partial charge >= 0.3 is 0 Å². The summed E-state index contributed by atoms with van der Waals surface area (Å²) in [7, 11) is -3.43. The first-order chi connectivity index (χ1) is 9.94. The maximum atomic E-state index is 12.1. The fourth-order valence-electron chi connectivity index (χ4n) is 2.32. The molecule has 6 nitrogen and oxygen atoms in total. The van der Waals surface area contributed by atoms with Gasteiger partial charge in [-0.2, -0.15) is 0 Å². The van der Waals surface area contributed by atoms with Crippen molar-refractivity contribution in [2.75, 3.05) is 19.6 Å². The molecule has 2 heterocycles. The van der Waals surface area contributed by atoms with Gasteiger partial charge in [0.25, 0.3) is 0 Å². The highest BCUT2D eigenvalue weighted by molar-refractivity contribution is 7.91. The predicted octanol–water partition coefficient (Wildman–Crippen LogP) is 1.03. The number of hydrogen-bond acceptors (Lipinski definition) is 5. The van der Waals surface area contributed by atoms with Crippen molar-refractivity contribution in [2.24, 2.45) is 11.7 Å². The maximum absolute atomic E-state index is 12.1. The molecule has 1 saturated heterocycles. The number of rotatable bonds is 5. The van der Waals surface area contributed by atoms with E-state index in [0.717, 1.165) is 0 Å². The van der Waals surface area contributed by atoms with Crippen LogP contribution in [-0.2, 0) is 14.8 Å². The third-order valence-electron chi connectivity index (χ3n) is 3.66. The van der Waals surface area contributed by atoms with Gasteiger partial charge in [-0.25, -0.2) is 13.1 Å². The highest BCUT2D eigenvalue weighted by atomic mass is 35.5. The molecule has 1 fully saturated rings. The topological polar surface area (TPSA) is 92.5 Å². The highest BCUT2D eigenvalue weighted by Gasteiger charge is 2.28. The Morgan fingerprint density at radius 1 is 1.50 bits per heavy atom. The third-order valence-corrected chi connectivity index (χ3v) is 6.58. The molecule has 0 radical (unpaired) electrons. The summed E-state index contributed by atoms with van der Waals surface area (Å²) in [6.45, 7) is 3.29. The molecule has 2 rings (SSSR count). The second-order valence-corrected chi connectivity index (χ2v) is 8.18. The van der Waals surface area contributed by atoms with Crippen molar-refractivity contribution in [1.29, 1.82) is 0 Å². The standard InChI is InChI=1S/C13H21N3O3S2.ClH/c1-10(9-14)13(17)16-6-4-11(5-7-16)15-21(18,19)12-3-2-8-20-12;/h2-3,8,10-11,15H,4-7,9,14H2,1H3;1H. The van der Waals surface area contributed by atoms with E-state index in [-0.39, 0.29) is 30.3 Å². The van der Waals surface area contributed by atoms with E-state index in [4.69, 9.17) is 5.73 Å². The number of thiophene rings is 1. The van der Waals surface area contributed by atoms with Gasteiger partial charge in [0.05, 0.1) is 0 Å². The van der Waals surface area contributed by atoms with Crippen LogP contribution >= 0.6 is 23.7 Å². The van der Waals surface area contributed by atoms with Crippen molar-refractivity contribution in [3.8, 4) is 0 Å². The number of nitrogens with one attached hydrogen (secondary N) is 1. The first kappa shape index (κ1) is 19.4. The Hall–Kier alpha value is -0.670. The van der Waals surface area contributed by atoms with Crippen LogP contribution in [0.3, 0.4) is 0 Å². The lowest BCUT2D eigenvalue weighted by molar-refractivity contribution is -0.135. The quantitative estimate of drug-likeness (QED) is 0.813. The molecule has 1 aliphatic rings. The molecule has 1 atom stereocenters. The molecule has 22 heavy (non-hydrogen) atoms. The van der Waals surface area contributed by atoms with Crippen molar-refractivity contribution < 1.29 is 13.2 Å². The Morgan fingerprint density at radius 3 is 2.64 bits per heavy atom. The molecule has 0 saturated carbocycles. The normalized spacial score (nSPS) is 17.8. The van der Waals surface area contributed by atoms with Crippen molar-refractivity contribution >= 4 is 39.7 Å². The number of carbonyl (C=O) groups is 1. The van der Waals surface area contributed by atoms with Crippen molar-refractivity contribution in [3.05, 3.63) is 17.5 Å². The molecule has 1 aliphatic heterocycles. The largest absolute Gasteiger partial charge is 0.342 e. The molecular weight excluding hydrogens is 346 g/mol. The van der Waals surface area contributed by atoms with Gasteiger partial charge in [0.15, 0.2) is 0 Å². The number of carbonyl (C=O) groups excluding carboxylic acids is 1. The van der Waals surface area contributed by atoms with Crippen LogP contribution in [0.4, 0.5) is 0 Å². The molecule has 1 aromatic rings. The highest BCUT2D eigenvalue weighted by Crippen LogP contribution is 2.19. The minimum absolute atomic E-state index is 0. The van der Waals surface area contributed by atoms with E-state index < -0.39 is 10.0 Å². The number of amides is 1. The summed E-state index contributed by atoms with van der Waals surface area (Å²) in [5.74, 6) is -0.124. The Morgan fingerprint density at radius 2 is 2.14 bits per heavy atom. The number of nitrogens with zero attached hydrogens (tertiary/aromatic N) is 1. The van der Waals surface area contributed by atoms with Crippen LogP contribution in [-0.4, -0.2) is 44.9 Å². The van der Waals surface area contributed by atoms with Gasteiger partial charge in [0.1, 0.15) is 4.21 Å². The molecule has 1 amide bonds. The molecule has 1 unspecified atom stereocenters. The van der Waals surface area contributed by atoms with Crippen molar-refractivity contribution in [1.82, 2.24) is 9.62 Å². The molecule has 0 bridgehead atoms. The molecule has 0 spiro atoms. The SMILES string of the molecule is CC(CN)C(=O)N1CCC(NS(=O)(=O)c2cccs2)CC1.Cl. The minimum atomic E-state index is -3.43. The number of piperidine rings is 1. The summed E-state index contributed by atoms with van der Waals surface area (Å²) in [6, 6.07) is 3.19. The van der Waals surface area contributed by atoms with E-state index in [9.17, 15) is 13.2 Å². The smallest absolute Gasteiger partial charge is 0.250 e. The molecular formula is C13H22ClN3O3S2. The Kier molecular flexibility index (Phi) is 7.27. The second-order valence-electron chi connectivity index (χ2n) is 5.29. The van der Waals surface area contributed by atoms with Crippen LogP contribution in [0.15, 0.2) is 21.7 Å². The summed E-state index contributed by atoms with van der Waals surface area (Å²) in [5, 5.41) is 1.74. The Balaban J connectivity index is 0.00000242. The maximum Gasteiger partial charge on any atom is 0.250 e. The van der Waals surface area contributed by atoms with Crippen molar-refractivity contribution in [3.63, 3.8) is 0 Å². The lowest BCUT2D eigenvalue weighted by Gasteiger charge is -2.33. The Bertz CT molecular complexity index is 569. The second kappa shape index (κ2) is 8.26. The molecule has 0 aliphatic carbocycles. The average Bonchev–Trinajstić information content (AvgIpc) is 3.01. The number of hydrogen-bond donors (Lipinski definition) is 2. The fourth-order valence-corrected chi connectivity index (χ4v) is 4.64. The number of sulfonamides is 1. The Labute approximate surface area is 141 Å². The van der Waals surface area contributed by atoms with E-state index in [2.05, 4.69) is 4.72 Å². The van der Waals surface area contributed by atoms with Gasteiger partial charge in [-0.15, -0.1) is 23.7 Å². The van der Waals surface area contributed by atoms with Crippen LogP contribution in [0.5, 0.6) is 0 Å². The molecule has 3 N–H and O–H groups in total. The van der Waals surface area contributed by atoms with E-state index in [1.54, 1.807) is 22.4 Å². The lowest BCUT2D eigenvalue weighted by atomic mass is 10.0. The van der Waals surface area contributed by atoms with E-state index in [1.165, 1.54) is 11.3 Å². The molecule has 9 heteroatoms. The third kappa shape index (κ3) is 4.66. The number of nitrogens with two attached hydrogens (primary N) is 1. The molecule has 0 aromatic carbocycles. The van der Waals surface area contributed by atoms with Crippen LogP contribution in [0.2, 0.25) is 0 Å². The summed E-state index contributed by atoms with van der Waals surface area (Å²) >= 11 is 1.20. The summed E-state index contributed by atoms with van der Waals surface area (Å²) in [6.07, 6.45) is 1.27. The van der Waals surface area contributed by atoms with Crippen LogP contribution in [0, 0.1) is 5.92 Å². The van der Waals surface area contributed by atoms with Gasteiger partial charge < -0.3 is 10.6 Å². The molecule has 1 aromatic heterocycles. The van der Waals surface area contributed by atoms with Gasteiger partial charge in [-0.3, -0.25) is 4.79 Å². The lowest BCUT2D eigenvalue weighted by Crippen LogP contribution is -2.48. The monoisotopic (exact) mass is 367 g/mol. The van der Waals surface area contributed by atoms with Crippen molar-refractivity contribution in [2.45, 2.75) is 30.0 Å². The first-order valence-electron chi connectivity index (χ1n) is 6.98. The summed E-state index contributed by atoms with van der Waals surface area (Å²) in [5.41, 5.74) is 5.51. The zero-order valence-corrected chi connectivity index (χ0v) is 14.8. The van der Waals surface area contributed by atoms with E-state index in [0.29, 0.717) is 36.7 Å². The van der Waals surface area contributed by atoms with Crippen LogP contribution in [0.25, 0.3) is 0 Å². The number of likely N-dealkylation sites (tertiary alicyclic amines) is 1. The first-order valence-corrected chi connectivity index (χ1v) is 9.35. The van der Waals surface area contributed by atoms with E-state index in [1.807, 2.05) is 6.92 Å². The van der Waals surface area contributed by atoms with Gasteiger partial charge in [-0.1, -0.05) is 13.0 Å². The van der Waals surface area contributed by atoms with Gasteiger partial charge in [-0.05, 0) is 24.3 Å².